The van der Waals surface area contributed by atoms with E-state index in [0.29, 0.717) is 24.1 Å². The topological polar surface area (TPSA) is 64.0 Å². The summed E-state index contributed by atoms with van der Waals surface area (Å²) in [4.78, 5) is 17.2. The van der Waals surface area contributed by atoms with Crippen molar-refractivity contribution in [1.82, 2.24) is 9.80 Å². The number of carbonyl (C=O) groups is 1. The normalized spacial score (nSPS) is 20.8. The minimum Gasteiger partial charge on any atom is -0.396 e. The highest BCUT2D eigenvalue weighted by atomic mass is 35.5. The number of likely N-dealkylation sites (tertiary alicyclic amines) is 2. The lowest BCUT2D eigenvalue weighted by molar-refractivity contribution is -0.138. The molecule has 0 saturated carbocycles. The Hall–Kier alpha value is -1.63. The number of nitrogens with zero attached hydrogens (tertiary/aromatic N) is 2. The predicted molar refractivity (Wildman–Crippen MR) is 162 cm³/mol. The van der Waals surface area contributed by atoms with Crippen LogP contribution in [0.5, 0.6) is 0 Å². The number of halogens is 2. The van der Waals surface area contributed by atoms with Crippen LogP contribution in [-0.4, -0.2) is 71.9 Å². The van der Waals surface area contributed by atoms with E-state index in [9.17, 15) is 15.0 Å². The summed E-state index contributed by atoms with van der Waals surface area (Å²) in [7, 11) is 0. The Kier molecular flexibility index (Phi) is 11.7. The maximum absolute atomic E-state index is 12.8. The second-order valence-corrected chi connectivity index (χ2v) is 13.3. The molecule has 7 heteroatoms. The lowest BCUT2D eigenvalue weighted by Gasteiger charge is -2.38. The molecule has 5 nitrogen and oxygen atoms in total. The molecule has 0 spiro atoms. The van der Waals surface area contributed by atoms with Crippen molar-refractivity contribution in [1.29, 1.82) is 0 Å². The number of benzene rings is 2. The van der Waals surface area contributed by atoms with Gasteiger partial charge in [-0.1, -0.05) is 61.3 Å². The summed E-state index contributed by atoms with van der Waals surface area (Å²) in [6.45, 7) is 13.6. The van der Waals surface area contributed by atoms with Crippen molar-refractivity contribution >= 4 is 29.1 Å². The van der Waals surface area contributed by atoms with Gasteiger partial charge in [0.1, 0.15) is 0 Å². The number of rotatable bonds is 7. The minimum atomic E-state index is -0.568. The molecule has 2 N–H and O–H groups in total. The van der Waals surface area contributed by atoms with Crippen LogP contribution < -0.4 is 0 Å². The van der Waals surface area contributed by atoms with Crippen LogP contribution in [0.4, 0.5) is 0 Å². The summed E-state index contributed by atoms with van der Waals surface area (Å²) in [5.74, 6) is 0.793. The second-order valence-electron chi connectivity index (χ2n) is 12.4. The third-order valence-corrected chi connectivity index (χ3v) is 8.77. The lowest BCUT2D eigenvalue weighted by atomic mass is 9.82. The average molecular weight is 578 g/mol. The zero-order valence-electron chi connectivity index (χ0n) is 24.0. The first-order valence-corrected chi connectivity index (χ1v) is 15.0. The van der Waals surface area contributed by atoms with E-state index in [4.69, 9.17) is 23.2 Å². The van der Waals surface area contributed by atoms with Crippen molar-refractivity contribution in [2.45, 2.75) is 64.2 Å². The molecule has 0 aromatic heterocycles. The molecule has 2 aliphatic heterocycles. The van der Waals surface area contributed by atoms with Crippen LogP contribution in [0.1, 0.15) is 64.5 Å². The molecule has 2 saturated heterocycles. The molecule has 216 valence electrons. The molecular weight excluding hydrogens is 531 g/mol. The molecule has 39 heavy (non-hydrogen) atoms. The maximum Gasteiger partial charge on any atom is 0.232 e. The summed E-state index contributed by atoms with van der Waals surface area (Å²) < 4.78 is 0. The summed E-state index contributed by atoms with van der Waals surface area (Å²) in [6.07, 6.45) is 4.33. The average Bonchev–Trinajstić information content (AvgIpc) is 2.93. The van der Waals surface area contributed by atoms with Crippen LogP contribution in [-0.2, 0) is 15.6 Å². The fraction of sp³-hybridized carbons (Fsp3) is 0.594. The van der Waals surface area contributed by atoms with Crippen molar-refractivity contribution in [3.63, 3.8) is 0 Å². The van der Waals surface area contributed by atoms with E-state index in [-0.39, 0.29) is 23.8 Å². The van der Waals surface area contributed by atoms with E-state index in [1.165, 1.54) is 12.0 Å². The molecule has 2 atom stereocenters. The first-order chi connectivity index (χ1) is 18.5. The molecule has 0 aliphatic carbocycles. The van der Waals surface area contributed by atoms with Crippen LogP contribution in [0.3, 0.4) is 0 Å². The Bertz CT molecular complexity index is 1040. The summed E-state index contributed by atoms with van der Waals surface area (Å²) in [5.41, 5.74) is 1.84. The molecule has 2 heterocycles. The van der Waals surface area contributed by atoms with E-state index in [2.05, 4.69) is 30.9 Å². The van der Waals surface area contributed by atoms with E-state index < -0.39 is 5.41 Å². The van der Waals surface area contributed by atoms with Crippen molar-refractivity contribution < 1.29 is 15.0 Å². The van der Waals surface area contributed by atoms with E-state index >= 15 is 0 Å². The molecule has 2 unspecified atom stereocenters. The number of hydrogen-bond acceptors (Lipinski definition) is 4. The van der Waals surface area contributed by atoms with Crippen molar-refractivity contribution in [2.24, 2.45) is 11.8 Å². The van der Waals surface area contributed by atoms with Gasteiger partial charge in [0.2, 0.25) is 5.91 Å². The number of carbonyl (C=O) groups excluding carboxylic acids is 1. The highest BCUT2D eigenvalue weighted by Crippen LogP contribution is 2.30. The number of aliphatic hydroxyl groups excluding tert-OH is 2. The van der Waals surface area contributed by atoms with Crippen molar-refractivity contribution in [3.05, 3.63) is 69.7 Å². The Morgan fingerprint density at radius 1 is 0.795 bits per heavy atom. The Labute approximate surface area is 245 Å². The zero-order chi connectivity index (χ0) is 28.6. The predicted octanol–water partition coefficient (Wildman–Crippen LogP) is 6.17. The smallest absolute Gasteiger partial charge is 0.232 e. The second kappa shape index (κ2) is 14.3. The van der Waals surface area contributed by atoms with Gasteiger partial charge in [0, 0.05) is 54.9 Å². The molecule has 2 aromatic carbocycles. The van der Waals surface area contributed by atoms with Gasteiger partial charge in [0.05, 0.1) is 5.41 Å². The quantitative estimate of drug-likeness (QED) is 0.413. The van der Waals surface area contributed by atoms with Crippen LogP contribution in [0.2, 0.25) is 10.0 Å². The third kappa shape index (κ3) is 8.93. The maximum atomic E-state index is 12.8. The summed E-state index contributed by atoms with van der Waals surface area (Å²) in [5, 5.41) is 20.1. The number of aliphatic hydroxyl groups is 2. The van der Waals surface area contributed by atoms with Gasteiger partial charge in [-0.3, -0.25) is 4.79 Å². The molecule has 2 aliphatic rings. The van der Waals surface area contributed by atoms with Crippen molar-refractivity contribution in [2.75, 3.05) is 45.9 Å². The SMILES string of the molecule is CC(C)(C(=O)N1CCCC(CO)C1)c1ccc(Cl)cc1.CC(C)(CN1CCCC(CO)C1)c1ccc(Cl)cc1. The first-order valence-electron chi connectivity index (χ1n) is 14.2. The molecule has 0 radical (unpaired) electrons. The molecular formula is C32H46Cl2N2O3. The van der Waals surface area contributed by atoms with Crippen molar-refractivity contribution in [3.8, 4) is 0 Å². The van der Waals surface area contributed by atoms with E-state index in [1.807, 2.05) is 55.1 Å². The largest absolute Gasteiger partial charge is 0.396 e. The van der Waals surface area contributed by atoms with Gasteiger partial charge >= 0.3 is 0 Å². The van der Waals surface area contributed by atoms with Gasteiger partial charge in [-0.2, -0.15) is 0 Å². The third-order valence-electron chi connectivity index (χ3n) is 8.27. The van der Waals surface area contributed by atoms with E-state index in [1.54, 1.807) is 0 Å². The number of piperidine rings is 2. The molecule has 1 amide bonds. The number of hydrogen-bond donors (Lipinski definition) is 2. The van der Waals surface area contributed by atoms with Gasteiger partial charge < -0.3 is 20.0 Å². The Morgan fingerprint density at radius 3 is 1.82 bits per heavy atom. The number of amides is 1. The van der Waals surface area contributed by atoms with Gasteiger partial charge in [-0.15, -0.1) is 0 Å². The lowest BCUT2D eigenvalue weighted by Crippen LogP contribution is -2.48. The summed E-state index contributed by atoms with van der Waals surface area (Å²) in [6, 6.07) is 15.6. The van der Waals surface area contributed by atoms with Gasteiger partial charge in [-0.25, -0.2) is 0 Å². The van der Waals surface area contributed by atoms with Crippen LogP contribution in [0, 0.1) is 11.8 Å². The van der Waals surface area contributed by atoms with Gasteiger partial charge in [0.15, 0.2) is 0 Å². The standard InChI is InChI=1S/C16H22ClNO2.C16H24ClNO/c1-16(2,13-5-7-14(17)8-6-13)15(20)18-9-3-4-12(10-18)11-19;1-16(2,14-5-7-15(17)8-6-14)12-18-9-3-4-13(10-18)11-19/h5-8,12,19H,3-4,9-11H2,1-2H3;5-8,13,19H,3-4,9-12H2,1-2H3. The fourth-order valence-corrected chi connectivity index (χ4v) is 6.03. The first kappa shape index (κ1) is 31.9. The van der Waals surface area contributed by atoms with Crippen LogP contribution in [0.25, 0.3) is 0 Å². The molecule has 0 bridgehead atoms. The van der Waals surface area contributed by atoms with Crippen LogP contribution >= 0.6 is 23.2 Å². The fourth-order valence-electron chi connectivity index (χ4n) is 5.78. The highest BCUT2D eigenvalue weighted by molar-refractivity contribution is 6.30. The Balaban J connectivity index is 0.000000216. The molecule has 4 rings (SSSR count). The van der Waals surface area contributed by atoms with Gasteiger partial charge in [0.25, 0.3) is 0 Å². The zero-order valence-corrected chi connectivity index (χ0v) is 25.5. The summed E-state index contributed by atoms with van der Waals surface area (Å²) >= 11 is 11.9. The van der Waals surface area contributed by atoms with E-state index in [0.717, 1.165) is 56.0 Å². The highest BCUT2D eigenvalue weighted by Gasteiger charge is 2.35. The molecule has 2 aromatic rings. The Morgan fingerprint density at radius 2 is 1.28 bits per heavy atom. The monoisotopic (exact) mass is 576 g/mol. The van der Waals surface area contributed by atoms with Gasteiger partial charge in [-0.05, 0) is 93.3 Å². The minimum absolute atomic E-state index is 0.113. The molecule has 2 fully saturated rings. The van der Waals surface area contributed by atoms with Crippen LogP contribution in [0.15, 0.2) is 48.5 Å².